The number of ether oxygens (including phenoxy) is 3. The Morgan fingerprint density at radius 1 is 0.276 bits per heavy atom. The molecule has 0 aromatic rings. The Labute approximate surface area is 470 Å². The highest BCUT2D eigenvalue weighted by atomic mass is 16.6. The van der Waals surface area contributed by atoms with Crippen LogP contribution >= 0.6 is 0 Å². The number of hydrogen-bond acceptors (Lipinski definition) is 6. The maximum absolute atomic E-state index is 12.9. The summed E-state index contributed by atoms with van der Waals surface area (Å²) in [5.74, 6) is -0.896. The fourth-order valence-corrected chi connectivity index (χ4v) is 8.75. The summed E-state index contributed by atoms with van der Waals surface area (Å²) in [5, 5.41) is 0. The van der Waals surface area contributed by atoms with Crippen molar-refractivity contribution in [3.8, 4) is 0 Å². The first-order valence-corrected chi connectivity index (χ1v) is 31.9. The van der Waals surface area contributed by atoms with Crippen molar-refractivity contribution in [2.24, 2.45) is 0 Å². The van der Waals surface area contributed by atoms with Gasteiger partial charge in [-0.1, -0.05) is 278 Å². The summed E-state index contributed by atoms with van der Waals surface area (Å²) in [5.41, 5.74) is 0. The minimum atomic E-state index is -0.787. The molecular weight excluding hydrogens is 937 g/mol. The third kappa shape index (κ3) is 60.9. The van der Waals surface area contributed by atoms with Crippen LogP contribution in [0.1, 0.15) is 297 Å². The van der Waals surface area contributed by atoms with E-state index in [2.05, 4.69) is 130 Å². The van der Waals surface area contributed by atoms with Crippen LogP contribution in [0.15, 0.2) is 109 Å². The second kappa shape index (κ2) is 63.6. The molecule has 0 bridgehead atoms. The first-order chi connectivity index (χ1) is 37.5. The molecule has 0 radical (unpaired) electrons. The maximum Gasteiger partial charge on any atom is 0.306 e. The molecule has 0 aromatic carbocycles. The maximum atomic E-state index is 12.9. The highest BCUT2D eigenvalue weighted by Crippen LogP contribution is 2.16. The molecule has 0 N–H and O–H groups in total. The highest BCUT2D eigenvalue weighted by molar-refractivity contribution is 5.71. The van der Waals surface area contributed by atoms with E-state index in [0.717, 1.165) is 122 Å². The average Bonchev–Trinajstić information content (AvgIpc) is 3.42. The van der Waals surface area contributed by atoms with Crippen molar-refractivity contribution < 1.29 is 28.6 Å². The van der Waals surface area contributed by atoms with E-state index in [0.29, 0.717) is 19.3 Å². The fraction of sp³-hybridized carbons (Fsp3) is 0.700. The number of unbranched alkanes of at least 4 members (excludes halogenated alkanes) is 28. The second-order valence-electron chi connectivity index (χ2n) is 20.9. The molecule has 6 heteroatoms. The monoisotopic (exact) mass is 1050 g/mol. The first kappa shape index (κ1) is 72.1. The molecule has 76 heavy (non-hydrogen) atoms. The van der Waals surface area contributed by atoms with Gasteiger partial charge in [-0.05, 0) is 109 Å². The molecule has 0 rings (SSSR count). The Bertz CT molecular complexity index is 1540. The first-order valence-electron chi connectivity index (χ1n) is 31.9. The van der Waals surface area contributed by atoms with Crippen molar-refractivity contribution in [3.63, 3.8) is 0 Å². The molecule has 0 aliphatic heterocycles. The van der Waals surface area contributed by atoms with Crippen LogP contribution in [0.3, 0.4) is 0 Å². The summed E-state index contributed by atoms with van der Waals surface area (Å²) in [7, 11) is 0. The minimum absolute atomic E-state index is 0.0830. The number of esters is 3. The lowest BCUT2D eigenvalue weighted by Crippen LogP contribution is -2.30. The van der Waals surface area contributed by atoms with E-state index < -0.39 is 6.10 Å². The van der Waals surface area contributed by atoms with Crippen LogP contribution in [0.5, 0.6) is 0 Å². The van der Waals surface area contributed by atoms with E-state index >= 15 is 0 Å². The molecule has 1 unspecified atom stereocenters. The summed E-state index contributed by atoms with van der Waals surface area (Å²) in [6, 6.07) is 0. The predicted octanol–water partition coefficient (Wildman–Crippen LogP) is 21.8. The SMILES string of the molecule is CC/C=C\C/C=C\C/C=C\C/C=C\C/C=C\C/C=C\C/C=C\CCCCCCCCCC(=O)OCC(COC(=O)CCCCCCCCCCCCCC)OC(=O)CCCCCCCCC/C=C\C/C=C\CCCCC. The van der Waals surface area contributed by atoms with Crippen molar-refractivity contribution >= 4 is 17.9 Å². The Morgan fingerprint density at radius 3 is 0.829 bits per heavy atom. The molecule has 1 atom stereocenters. The number of allylic oxidation sites excluding steroid dienone is 18. The quantitative estimate of drug-likeness (QED) is 0.0261. The van der Waals surface area contributed by atoms with E-state index in [1.807, 2.05) is 0 Å². The van der Waals surface area contributed by atoms with Crippen LogP contribution in [0.4, 0.5) is 0 Å². The second-order valence-corrected chi connectivity index (χ2v) is 20.9. The number of carbonyl (C=O) groups is 3. The van der Waals surface area contributed by atoms with E-state index in [1.54, 1.807) is 0 Å². The van der Waals surface area contributed by atoms with E-state index in [1.165, 1.54) is 135 Å². The summed E-state index contributed by atoms with van der Waals surface area (Å²) in [4.78, 5) is 38.3. The zero-order valence-corrected chi connectivity index (χ0v) is 49.7. The van der Waals surface area contributed by atoms with Gasteiger partial charge in [-0.2, -0.15) is 0 Å². The van der Waals surface area contributed by atoms with E-state index in [4.69, 9.17) is 14.2 Å². The van der Waals surface area contributed by atoms with Gasteiger partial charge >= 0.3 is 17.9 Å². The molecule has 0 fully saturated rings. The molecule has 0 saturated carbocycles. The number of hydrogen-bond donors (Lipinski definition) is 0. The van der Waals surface area contributed by atoms with Crippen molar-refractivity contribution in [3.05, 3.63) is 109 Å². The Morgan fingerprint density at radius 2 is 0.513 bits per heavy atom. The normalized spacial score (nSPS) is 12.8. The molecule has 0 aliphatic carbocycles. The smallest absolute Gasteiger partial charge is 0.306 e. The van der Waals surface area contributed by atoms with E-state index in [9.17, 15) is 14.4 Å². The van der Waals surface area contributed by atoms with Gasteiger partial charge in [0.1, 0.15) is 13.2 Å². The largest absolute Gasteiger partial charge is 0.462 e. The average molecular weight is 1060 g/mol. The Hall–Kier alpha value is -3.93. The molecule has 0 spiro atoms. The van der Waals surface area contributed by atoms with Gasteiger partial charge in [-0.15, -0.1) is 0 Å². The summed E-state index contributed by atoms with van der Waals surface area (Å²) >= 11 is 0. The molecule has 0 saturated heterocycles. The van der Waals surface area contributed by atoms with Crippen LogP contribution < -0.4 is 0 Å². The van der Waals surface area contributed by atoms with Gasteiger partial charge in [0, 0.05) is 19.3 Å². The lowest BCUT2D eigenvalue weighted by atomic mass is 10.0. The highest BCUT2D eigenvalue weighted by Gasteiger charge is 2.19. The molecule has 0 aromatic heterocycles. The van der Waals surface area contributed by atoms with Crippen LogP contribution in [-0.4, -0.2) is 37.2 Å². The van der Waals surface area contributed by atoms with Gasteiger partial charge in [-0.25, -0.2) is 0 Å². The van der Waals surface area contributed by atoms with Crippen molar-refractivity contribution in [1.29, 1.82) is 0 Å². The van der Waals surface area contributed by atoms with Crippen molar-refractivity contribution in [2.45, 2.75) is 303 Å². The fourth-order valence-electron chi connectivity index (χ4n) is 8.75. The van der Waals surface area contributed by atoms with Crippen LogP contribution in [0.25, 0.3) is 0 Å². The topological polar surface area (TPSA) is 78.9 Å². The van der Waals surface area contributed by atoms with Crippen LogP contribution in [0.2, 0.25) is 0 Å². The molecule has 6 nitrogen and oxygen atoms in total. The standard InChI is InChI=1S/C70H118O6/c1-4-7-10-13-16-19-22-25-27-29-30-31-32-33-34-35-36-37-38-39-40-42-43-45-48-51-54-57-60-63-69(72)75-66-67(65-74-68(71)62-59-56-53-50-47-24-21-18-15-12-9-6-3)76-70(73)64-61-58-55-52-49-46-44-41-28-26-23-20-17-14-11-8-5-2/h7,10,16-17,19-20,25-28,30-31,33-34,36-37,39-40,67H,4-6,8-9,11-15,18,21-24,29,32,35,38,41-66H2,1-3H3/b10-7-,19-16-,20-17-,27-25-,28-26-,31-30-,34-33-,37-36-,40-39-. The minimum Gasteiger partial charge on any atom is -0.462 e. The molecular formula is C70H118O6. The summed E-state index contributed by atoms with van der Waals surface area (Å²) < 4.78 is 16.9. The third-order valence-electron chi connectivity index (χ3n) is 13.5. The molecule has 0 heterocycles. The van der Waals surface area contributed by atoms with Crippen LogP contribution in [0, 0.1) is 0 Å². The van der Waals surface area contributed by atoms with Gasteiger partial charge < -0.3 is 14.2 Å². The van der Waals surface area contributed by atoms with Gasteiger partial charge in [0.25, 0.3) is 0 Å². The summed E-state index contributed by atoms with van der Waals surface area (Å²) in [6.45, 7) is 6.50. The molecule has 0 aliphatic rings. The number of rotatable bonds is 57. The zero-order chi connectivity index (χ0) is 55.0. The lowest BCUT2D eigenvalue weighted by molar-refractivity contribution is -0.167. The van der Waals surface area contributed by atoms with E-state index in [-0.39, 0.29) is 31.1 Å². The molecule has 434 valence electrons. The van der Waals surface area contributed by atoms with Gasteiger partial charge in [0.2, 0.25) is 0 Å². The van der Waals surface area contributed by atoms with Crippen molar-refractivity contribution in [1.82, 2.24) is 0 Å². The van der Waals surface area contributed by atoms with Crippen molar-refractivity contribution in [2.75, 3.05) is 13.2 Å². The molecule has 0 amide bonds. The summed E-state index contributed by atoms with van der Waals surface area (Å²) in [6.07, 6.45) is 86.6. The Balaban J connectivity index is 4.32. The zero-order valence-electron chi connectivity index (χ0n) is 49.7. The third-order valence-corrected chi connectivity index (χ3v) is 13.5. The van der Waals surface area contributed by atoms with Gasteiger partial charge in [-0.3, -0.25) is 14.4 Å². The predicted molar refractivity (Wildman–Crippen MR) is 330 cm³/mol. The van der Waals surface area contributed by atoms with Gasteiger partial charge in [0.15, 0.2) is 6.10 Å². The van der Waals surface area contributed by atoms with Crippen LogP contribution in [-0.2, 0) is 28.6 Å². The lowest BCUT2D eigenvalue weighted by Gasteiger charge is -2.18. The Kier molecular flexibility index (Phi) is 60.3. The van der Waals surface area contributed by atoms with Gasteiger partial charge in [0.05, 0.1) is 0 Å². The number of carbonyl (C=O) groups excluding carboxylic acids is 3.